The molecule has 0 aliphatic rings. The highest BCUT2D eigenvalue weighted by Crippen LogP contribution is 2.21. The van der Waals surface area contributed by atoms with E-state index in [2.05, 4.69) is 9.59 Å². The number of amides is 1. The number of carbonyl (C=O) groups excluding carboxylic acids is 1. The maximum atomic E-state index is 12.3. The van der Waals surface area contributed by atoms with Crippen LogP contribution in [-0.4, -0.2) is 27.6 Å². The van der Waals surface area contributed by atoms with Crippen LogP contribution in [0.5, 0.6) is 5.75 Å². The van der Waals surface area contributed by atoms with Gasteiger partial charge in [-0.05, 0) is 42.2 Å². The Labute approximate surface area is 109 Å². The number of carbonyl (C=O) groups is 1. The van der Waals surface area contributed by atoms with E-state index in [1.165, 1.54) is 4.90 Å². The van der Waals surface area contributed by atoms with E-state index >= 15 is 0 Å². The second kappa shape index (κ2) is 5.14. The van der Waals surface area contributed by atoms with Gasteiger partial charge in [-0.25, -0.2) is 0 Å². The van der Waals surface area contributed by atoms with Crippen LogP contribution in [0.4, 0.5) is 5.69 Å². The number of rotatable bonds is 3. The first-order valence-electron chi connectivity index (χ1n) is 5.51. The Morgan fingerprint density at radius 2 is 2.06 bits per heavy atom. The lowest BCUT2D eigenvalue weighted by atomic mass is 10.2. The topological polar surface area (TPSA) is 66.3 Å². The van der Waals surface area contributed by atoms with Gasteiger partial charge in [-0.15, -0.1) is 5.10 Å². The van der Waals surface area contributed by atoms with Crippen LogP contribution in [0, 0.1) is 0 Å². The van der Waals surface area contributed by atoms with E-state index in [9.17, 15) is 9.90 Å². The fraction of sp³-hybridized carbons (Fsp3) is 0.250. The number of phenols is 1. The molecule has 18 heavy (non-hydrogen) atoms. The SMILES string of the molecule is CCc1nnsc1C(=O)N(C)c1ccc(O)cc1. The number of nitrogens with zero attached hydrogens (tertiary/aromatic N) is 3. The Morgan fingerprint density at radius 3 is 2.67 bits per heavy atom. The van der Waals surface area contributed by atoms with E-state index in [1.54, 1.807) is 31.3 Å². The fourth-order valence-electron chi connectivity index (χ4n) is 1.55. The molecule has 0 unspecified atom stereocenters. The minimum absolute atomic E-state index is 0.132. The molecule has 0 atom stereocenters. The molecule has 0 spiro atoms. The molecule has 0 saturated heterocycles. The van der Waals surface area contributed by atoms with Gasteiger partial charge in [-0.1, -0.05) is 11.4 Å². The zero-order valence-corrected chi connectivity index (χ0v) is 10.9. The number of phenolic OH excluding ortho intramolecular Hbond substituents is 1. The molecule has 1 amide bonds. The van der Waals surface area contributed by atoms with Gasteiger partial charge in [0, 0.05) is 12.7 Å². The largest absolute Gasteiger partial charge is 0.508 e. The van der Waals surface area contributed by atoms with Gasteiger partial charge < -0.3 is 10.0 Å². The molecule has 0 saturated carbocycles. The van der Waals surface area contributed by atoms with Crippen molar-refractivity contribution in [2.24, 2.45) is 0 Å². The van der Waals surface area contributed by atoms with E-state index in [0.717, 1.165) is 17.2 Å². The predicted octanol–water partition coefficient (Wildman–Crippen LogP) is 2.08. The Morgan fingerprint density at radius 1 is 1.39 bits per heavy atom. The van der Waals surface area contributed by atoms with Gasteiger partial charge in [0.25, 0.3) is 5.91 Å². The number of aromatic hydroxyl groups is 1. The van der Waals surface area contributed by atoms with Crippen molar-refractivity contribution in [2.45, 2.75) is 13.3 Å². The summed E-state index contributed by atoms with van der Waals surface area (Å²) in [6.45, 7) is 1.94. The highest BCUT2D eigenvalue weighted by Gasteiger charge is 2.19. The molecule has 1 aromatic heterocycles. The maximum Gasteiger partial charge on any atom is 0.271 e. The number of anilines is 1. The second-order valence-corrected chi connectivity index (χ2v) is 4.54. The quantitative estimate of drug-likeness (QED) is 0.920. The summed E-state index contributed by atoms with van der Waals surface area (Å²) in [5.41, 5.74) is 1.43. The Kier molecular flexibility index (Phi) is 3.57. The van der Waals surface area contributed by atoms with Crippen molar-refractivity contribution in [1.82, 2.24) is 9.59 Å². The fourth-order valence-corrected chi connectivity index (χ4v) is 2.27. The number of aromatic nitrogens is 2. The normalized spacial score (nSPS) is 10.3. The average molecular weight is 263 g/mol. The van der Waals surface area contributed by atoms with E-state index in [1.807, 2.05) is 6.92 Å². The summed E-state index contributed by atoms with van der Waals surface area (Å²) in [4.78, 5) is 14.3. The van der Waals surface area contributed by atoms with Gasteiger partial charge in [0.1, 0.15) is 10.6 Å². The molecule has 2 rings (SSSR count). The van der Waals surface area contributed by atoms with Crippen molar-refractivity contribution >= 4 is 23.1 Å². The monoisotopic (exact) mass is 263 g/mol. The van der Waals surface area contributed by atoms with Crippen LogP contribution < -0.4 is 4.90 Å². The smallest absolute Gasteiger partial charge is 0.271 e. The molecule has 2 aromatic rings. The van der Waals surface area contributed by atoms with Gasteiger partial charge >= 0.3 is 0 Å². The van der Waals surface area contributed by atoms with Gasteiger partial charge in [-0.3, -0.25) is 4.79 Å². The molecule has 1 aromatic carbocycles. The van der Waals surface area contributed by atoms with E-state index in [-0.39, 0.29) is 11.7 Å². The first-order valence-corrected chi connectivity index (χ1v) is 6.29. The Balaban J connectivity index is 2.26. The standard InChI is InChI=1S/C12H13N3O2S/c1-3-10-11(18-14-13-10)12(17)15(2)8-4-6-9(16)7-5-8/h4-7,16H,3H2,1-2H3. The summed E-state index contributed by atoms with van der Waals surface area (Å²) in [7, 11) is 1.69. The van der Waals surface area contributed by atoms with Gasteiger partial charge in [-0.2, -0.15) is 0 Å². The van der Waals surface area contributed by atoms with Crippen LogP contribution in [0.2, 0.25) is 0 Å². The third-order valence-corrected chi connectivity index (χ3v) is 3.38. The third-order valence-electron chi connectivity index (χ3n) is 2.63. The molecule has 0 bridgehead atoms. The summed E-state index contributed by atoms with van der Waals surface area (Å²) < 4.78 is 3.81. The number of aryl methyl sites for hydroxylation is 1. The summed E-state index contributed by atoms with van der Waals surface area (Å²) in [5.74, 6) is 0.0424. The highest BCUT2D eigenvalue weighted by molar-refractivity contribution is 7.08. The van der Waals surface area contributed by atoms with Crippen molar-refractivity contribution in [3.63, 3.8) is 0 Å². The highest BCUT2D eigenvalue weighted by atomic mass is 32.1. The van der Waals surface area contributed by atoms with Crippen LogP contribution in [0.15, 0.2) is 24.3 Å². The van der Waals surface area contributed by atoms with Crippen molar-refractivity contribution < 1.29 is 9.90 Å². The molecule has 6 heteroatoms. The van der Waals surface area contributed by atoms with Gasteiger partial charge in [0.2, 0.25) is 0 Å². The Hall–Kier alpha value is -1.95. The Bertz CT molecular complexity index is 551. The van der Waals surface area contributed by atoms with Crippen LogP contribution in [0.1, 0.15) is 22.3 Å². The maximum absolute atomic E-state index is 12.3. The van der Waals surface area contributed by atoms with Crippen LogP contribution >= 0.6 is 11.5 Å². The van der Waals surface area contributed by atoms with Crippen LogP contribution in [0.3, 0.4) is 0 Å². The molecule has 0 aliphatic heterocycles. The minimum Gasteiger partial charge on any atom is -0.508 e. The first-order chi connectivity index (χ1) is 8.63. The molecular weight excluding hydrogens is 250 g/mol. The van der Waals surface area contributed by atoms with Gasteiger partial charge in [0.05, 0.1) is 5.69 Å². The summed E-state index contributed by atoms with van der Waals surface area (Å²) >= 11 is 1.11. The molecule has 5 nitrogen and oxygen atoms in total. The molecule has 0 aliphatic carbocycles. The van der Waals surface area contributed by atoms with E-state index in [0.29, 0.717) is 17.0 Å². The van der Waals surface area contributed by atoms with Crippen molar-refractivity contribution in [2.75, 3.05) is 11.9 Å². The number of benzene rings is 1. The van der Waals surface area contributed by atoms with Crippen molar-refractivity contribution in [3.05, 3.63) is 34.8 Å². The average Bonchev–Trinajstić information content (AvgIpc) is 2.86. The molecule has 1 heterocycles. The first kappa shape index (κ1) is 12.5. The minimum atomic E-state index is -0.132. The molecule has 0 fully saturated rings. The summed E-state index contributed by atoms with van der Waals surface area (Å²) in [6.07, 6.45) is 0.682. The third kappa shape index (κ3) is 2.33. The van der Waals surface area contributed by atoms with Gasteiger partial charge in [0.15, 0.2) is 0 Å². The van der Waals surface area contributed by atoms with Crippen molar-refractivity contribution in [1.29, 1.82) is 0 Å². The molecule has 1 N–H and O–H groups in total. The van der Waals surface area contributed by atoms with Crippen LogP contribution in [-0.2, 0) is 6.42 Å². The zero-order valence-electron chi connectivity index (χ0n) is 10.1. The predicted molar refractivity (Wildman–Crippen MR) is 70.1 cm³/mol. The lowest BCUT2D eigenvalue weighted by Crippen LogP contribution is -2.26. The lowest BCUT2D eigenvalue weighted by molar-refractivity contribution is 0.0996. The van der Waals surface area contributed by atoms with Crippen molar-refractivity contribution in [3.8, 4) is 5.75 Å². The van der Waals surface area contributed by atoms with E-state index in [4.69, 9.17) is 0 Å². The lowest BCUT2D eigenvalue weighted by Gasteiger charge is -2.16. The molecule has 94 valence electrons. The molecule has 0 radical (unpaired) electrons. The number of hydrogen-bond donors (Lipinski definition) is 1. The number of hydrogen-bond acceptors (Lipinski definition) is 5. The summed E-state index contributed by atoms with van der Waals surface area (Å²) in [6, 6.07) is 6.47. The summed E-state index contributed by atoms with van der Waals surface area (Å²) in [5, 5.41) is 13.1. The van der Waals surface area contributed by atoms with Crippen LogP contribution in [0.25, 0.3) is 0 Å². The zero-order chi connectivity index (χ0) is 13.1. The second-order valence-electron chi connectivity index (χ2n) is 3.78. The van der Waals surface area contributed by atoms with E-state index < -0.39 is 0 Å². The molecular formula is C12H13N3O2S.